The van der Waals surface area contributed by atoms with Crippen LogP contribution in [-0.4, -0.2) is 79.3 Å². The second-order valence-corrected chi connectivity index (χ2v) is 33.9. The third kappa shape index (κ3) is 19.2. The minimum absolute atomic E-state index is 0.202. The number of halogens is 2. The maximum atomic E-state index is 15.6. The zero-order valence-electron chi connectivity index (χ0n) is 76.3. The number of para-hydroxylation sites is 1. The van der Waals surface area contributed by atoms with Gasteiger partial charge in [0, 0.05) is 83.1 Å². The average Bonchev–Trinajstić information content (AvgIpc) is 1.54. The molecule has 1 aliphatic rings. The van der Waals surface area contributed by atoms with Crippen LogP contribution in [0.2, 0.25) is 5.28 Å². The standard InChI is InChI=1S/C54H35N7.C36H23FN6.C19H14.C15H10ClN3/c1-6-19-36(20-7-1)42-30-18-32-47-48(42)43-29-16-17-31-45(43)61(47)46-34-33-41(53-57-49(37-21-8-2-9-22-37)55-50(58-53)38-23-10-3-11-24-38)35-44(46)54-59-51(39-25-12-4-13-26-39)56-52(60-54)40-27-14-5-15-28-40;37-30-22-21-28(35-40-31(24-13-5-1-6-14-24)38-32(41-35)25-15-7-2-8-16-25)23-29(30)36-42-33(26-17-9-3-10-18-26)39-34(43-36)27-19-11-4-12-20-27;1-2-7-14(8-3-1)17-12-6-10-16-13-15-9-4-5-11-18(15)19(16)17;16-15-18-13(11-7-3-1-4-8-11)17-14(19-15)12-9-5-2-6-10-12/h1-35H;1-23H;1-12H,13H2;1-10H. The number of hydrogen-bond donors (Lipinski definition) is 0. The largest absolute Gasteiger partial charge is 0.308 e. The molecule has 16 nitrogen and oxygen atoms in total. The van der Waals surface area contributed by atoms with Crippen molar-refractivity contribution >= 4 is 33.4 Å². The van der Waals surface area contributed by atoms with Gasteiger partial charge in [0.1, 0.15) is 5.82 Å². The molecule has 0 bridgehead atoms. The Morgan fingerprint density at radius 2 is 0.437 bits per heavy atom. The zero-order chi connectivity index (χ0) is 95.3. The van der Waals surface area contributed by atoms with Crippen molar-refractivity contribution in [1.29, 1.82) is 0 Å². The summed E-state index contributed by atoms with van der Waals surface area (Å²) in [5.74, 6) is 6.66. The number of benzene rings is 18. The fourth-order valence-corrected chi connectivity index (χ4v) is 17.7. The number of rotatable bonds is 17. The normalized spacial score (nSPS) is 11.1. The zero-order valence-corrected chi connectivity index (χ0v) is 77.1. The van der Waals surface area contributed by atoms with Crippen molar-refractivity contribution in [3.8, 4) is 198 Å². The van der Waals surface area contributed by atoms with Gasteiger partial charge in [0.25, 0.3) is 0 Å². The molecule has 0 fully saturated rings. The summed E-state index contributed by atoms with van der Waals surface area (Å²) in [5, 5.41) is 2.52. The topological polar surface area (TPSA) is 198 Å². The Bertz CT molecular complexity index is 8310. The van der Waals surface area contributed by atoms with Gasteiger partial charge in [0.15, 0.2) is 81.5 Å². The average molecular weight is 1850 g/mol. The number of hydrogen-bond acceptors (Lipinski definition) is 15. The minimum atomic E-state index is -0.464. The highest BCUT2D eigenvalue weighted by Crippen LogP contribution is 2.46. The van der Waals surface area contributed by atoms with E-state index in [1.165, 1.54) is 44.8 Å². The van der Waals surface area contributed by atoms with Gasteiger partial charge in [-0.05, 0) is 111 Å². The first kappa shape index (κ1) is 88.3. The van der Waals surface area contributed by atoms with Gasteiger partial charge in [0.2, 0.25) is 5.28 Å². The van der Waals surface area contributed by atoms with Crippen molar-refractivity contribution in [2.24, 2.45) is 0 Å². The predicted molar refractivity (Wildman–Crippen MR) is 567 cm³/mol. The van der Waals surface area contributed by atoms with Crippen LogP contribution in [0.1, 0.15) is 11.1 Å². The molecule has 142 heavy (non-hydrogen) atoms. The first-order valence-electron chi connectivity index (χ1n) is 46.5. The SMILES string of the molecule is Clc1nc(-c2ccccc2)nc(-c2ccccc2)n1.Fc1ccc(-c2nc(-c3ccccc3)nc(-c3ccccc3)n2)cc1-c1nc(-c2ccccc2)nc(-c2ccccc2)n1.c1ccc(-c2cccc3c2-c2ccccc2C3)cc1.c1ccc(-c2nc(-c3ccccc3)nc(-c3ccc(-n4c5ccccc5c5c(-c6ccccc6)cccc54)c(-c4nc(-c5ccccc5)nc(-c5ccccc5)n4)c3)n2)cc1. The van der Waals surface area contributed by atoms with Gasteiger partial charge >= 0.3 is 0 Å². The highest BCUT2D eigenvalue weighted by Gasteiger charge is 2.27. The van der Waals surface area contributed by atoms with Crippen LogP contribution in [0.15, 0.2) is 485 Å². The molecule has 0 saturated carbocycles. The van der Waals surface area contributed by atoms with Gasteiger partial charge in [0.05, 0.1) is 22.3 Å². The molecule has 0 spiro atoms. The van der Waals surface area contributed by atoms with Crippen LogP contribution in [0, 0.1) is 5.82 Å². The van der Waals surface area contributed by atoms with Crippen molar-refractivity contribution in [3.63, 3.8) is 0 Å². The summed E-state index contributed by atoms with van der Waals surface area (Å²) in [5.41, 5.74) is 24.9. The summed E-state index contributed by atoms with van der Waals surface area (Å²) in [4.78, 5) is 72.1. The van der Waals surface area contributed by atoms with E-state index in [-0.39, 0.29) is 16.7 Å². The van der Waals surface area contributed by atoms with Crippen LogP contribution in [0.3, 0.4) is 0 Å². The highest BCUT2D eigenvalue weighted by atomic mass is 35.5. The van der Waals surface area contributed by atoms with Crippen LogP contribution >= 0.6 is 11.6 Å². The van der Waals surface area contributed by atoms with Gasteiger partial charge < -0.3 is 4.57 Å². The molecule has 6 heterocycles. The number of aromatic nitrogens is 16. The van der Waals surface area contributed by atoms with Crippen LogP contribution in [0.5, 0.6) is 0 Å². The molecule has 0 radical (unpaired) electrons. The molecule has 24 aromatic rings. The second-order valence-electron chi connectivity index (χ2n) is 33.5. The smallest absolute Gasteiger partial charge is 0.226 e. The molecule has 0 atom stereocenters. The Balaban J connectivity index is 0.000000122. The molecule has 18 heteroatoms. The van der Waals surface area contributed by atoms with Crippen molar-refractivity contribution in [3.05, 3.63) is 508 Å². The van der Waals surface area contributed by atoms with Crippen molar-refractivity contribution < 1.29 is 4.39 Å². The third-order valence-corrected chi connectivity index (χ3v) is 24.5. The van der Waals surface area contributed by atoms with E-state index in [0.29, 0.717) is 81.3 Å². The van der Waals surface area contributed by atoms with E-state index in [0.717, 1.165) is 106 Å². The van der Waals surface area contributed by atoms with Crippen LogP contribution in [0.4, 0.5) is 4.39 Å². The fourth-order valence-electron chi connectivity index (χ4n) is 17.6. The number of nitrogens with zero attached hydrogens (tertiary/aromatic N) is 16. The summed E-state index contributed by atoms with van der Waals surface area (Å²) >= 11 is 5.99. The Morgan fingerprint density at radius 3 is 0.810 bits per heavy atom. The van der Waals surface area contributed by atoms with Crippen LogP contribution < -0.4 is 0 Å². The molecule has 1 aliphatic carbocycles. The first-order valence-corrected chi connectivity index (χ1v) is 46.9. The molecule has 672 valence electrons. The monoisotopic (exact) mass is 1850 g/mol. The molecule has 0 aliphatic heterocycles. The van der Waals surface area contributed by atoms with Crippen molar-refractivity contribution in [2.45, 2.75) is 6.42 Å². The fraction of sp³-hybridized carbons (Fsp3) is 0.00806. The molecular formula is C124H82ClFN16. The van der Waals surface area contributed by atoms with Crippen LogP contribution in [-0.2, 0) is 6.42 Å². The maximum absolute atomic E-state index is 15.6. The molecule has 18 aromatic carbocycles. The molecule has 0 N–H and O–H groups in total. The summed E-state index contributed by atoms with van der Waals surface area (Å²) in [7, 11) is 0. The van der Waals surface area contributed by atoms with E-state index in [1.807, 2.05) is 303 Å². The number of fused-ring (bicyclic) bond motifs is 6. The van der Waals surface area contributed by atoms with Crippen molar-refractivity contribution in [2.75, 3.05) is 0 Å². The van der Waals surface area contributed by atoms with Gasteiger partial charge in [-0.1, -0.05) is 437 Å². The van der Waals surface area contributed by atoms with Crippen molar-refractivity contribution in [1.82, 2.24) is 79.3 Å². The van der Waals surface area contributed by atoms with E-state index in [1.54, 1.807) is 12.1 Å². The molecule has 0 unspecified atom stereocenters. The van der Waals surface area contributed by atoms with Gasteiger partial charge in [-0.25, -0.2) is 69.2 Å². The molecular weight excluding hydrogens is 1770 g/mol. The predicted octanol–water partition coefficient (Wildman–Crippen LogP) is 29.8. The van der Waals surface area contributed by atoms with E-state index in [4.69, 9.17) is 71.4 Å². The lowest BCUT2D eigenvalue weighted by Gasteiger charge is -2.16. The van der Waals surface area contributed by atoms with E-state index in [9.17, 15) is 0 Å². The Kier molecular flexibility index (Phi) is 25.4. The minimum Gasteiger partial charge on any atom is -0.308 e. The Labute approximate surface area is 824 Å². The molecule has 0 saturated heterocycles. The first-order chi connectivity index (χ1) is 70.2. The quantitative estimate of drug-likeness (QED) is 0.0833. The summed E-state index contributed by atoms with van der Waals surface area (Å²) in [6.45, 7) is 0. The van der Waals surface area contributed by atoms with E-state index < -0.39 is 5.82 Å². The molecule has 0 amide bonds. The van der Waals surface area contributed by atoms with E-state index in [2.05, 4.69) is 183 Å². The van der Waals surface area contributed by atoms with Gasteiger partial charge in [-0.3, -0.25) is 0 Å². The molecule has 25 rings (SSSR count). The molecule has 6 aromatic heterocycles. The Morgan fingerprint density at radius 1 is 0.183 bits per heavy atom. The lowest BCUT2D eigenvalue weighted by atomic mass is 9.94. The maximum Gasteiger partial charge on any atom is 0.226 e. The lowest BCUT2D eigenvalue weighted by molar-refractivity contribution is 0.630. The summed E-state index contributed by atoms with van der Waals surface area (Å²) in [6.07, 6.45) is 1.06. The lowest BCUT2D eigenvalue weighted by Crippen LogP contribution is -2.05. The third-order valence-electron chi connectivity index (χ3n) is 24.4. The van der Waals surface area contributed by atoms with Gasteiger partial charge in [-0.15, -0.1) is 0 Å². The second kappa shape index (κ2) is 40.9. The van der Waals surface area contributed by atoms with Gasteiger partial charge in [-0.2, -0.15) is 9.97 Å². The van der Waals surface area contributed by atoms with Crippen LogP contribution in [0.25, 0.3) is 220 Å². The Hall–Kier alpha value is -19.0. The summed E-state index contributed by atoms with van der Waals surface area (Å²) in [6, 6.07) is 161. The summed E-state index contributed by atoms with van der Waals surface area (Å²) < 4.78 is 17.9. The van der Waals surface area contributed by atoms with E-state index >= 15 is 4.39 Å². The highest BCUT2D eigenvalue weighted by molar-refractivity contribution is 6.28.